The van der Waals surface area contributed by atoms with Gasteiger partial charge in [-0.1, -0.05) is 13.0 Å². The molecule has 0 radical (unpaired) electrons. The molecule has 4 nitrogen and oxygen atoms in total. The zero-order valence-corrected chi connectivity index (χ0v) is 8.87. The number of primary sulfonamides is 1. The molecule has 0 saturated carbocycles. The van der Waals surface area contributed by atoms with E-state index < -0.39 is 10.0 Å². The lowest BCUT2D eigenvalue weighted by molar-refractivity contribution is 0.590. The van der Waals surface area contributed by atoms with Crippen LogP contribution in [0.15, 0.2) is 24.5 Å². The van der Waals surface area contributed by atoms with Crippen LogP contribution in [0.1, 0.15) is 24.8 Å². The summed E-state index contributed by atoms with van der Waals surface area (Å²) >= 11 is 0. The highest BCUT2D eigenvalue weighted by Crippen LogP contribution is 2.17. The third kappa shape index (κ3) is 3.85. The zero-order chi connectivity index (χ0) is 10.6. The van der Waals surface area contributed by atoms with Gasteiger partial charge in [0.05, 0.1) is 5.75 Å². The summed E-state index contributed by atoms with van der Waals surface area (Å²) in [5, 5.41) is 4.92. The highest BCUT2D eigenvalue weighted by molar-refractivity contribution is 7.89. The second-order valence-corrected chi connectivity index (χ2v) is 5.08. The summed E-state index contributed by atoms with van der Waals surface area (Å²) in [7, 11) is -3.35. The molecule has 78 valence electrons. The Morgan fingerprint density at radius 3 is 2.79 bits per heavy atom. The third-order valence-corrected chi connectivity index (χ3v) is 2.89. The normalized spacial score (nSPS) is 13.9. The lowest BCUT2D eigenvalue weighted by atomic mass is 10.0. The van der Waals surface area contributed by atoms with Gasteiger partial charge in [0.1, 0.15) is 0 Å². The SMILES string of the molecule is CC(CCS(N)(=O)=O)c1cccnc1. The van der Waals surface area contributed by atoms with E-state index in [0.29, 0.717) is 6.42 Å². The van der Waals surface area contributed by atoms with Crippen molar-refractivity contribution in [2.75, 3.05) is 5.75 Å². The van der Waals surface area contributed by atoms with Crippen LogP contribution >= 0.6 is 0 Å². The van der Waals surface area contributed by atoms with Crippen LogP contribution in [-0.4, -0.2) is 19.2 Å². The van der Waals surface area contributed by atoms with Crippen LogP contribution in [0.4, 0.5) is 0 Å². The van der Waals surface area contributed by atoms with E-state index >= 15 is 0 Å². The number of aromatic nitrogens is 1. The predicted octanol–water partition coefficient (Wildman–Crippen LogP) is 0.864. The van der Waals surface area contributed by atoms with Gasteiger partial charge in [-0.05, 0) is 24.0 Å². The standard InChI is InChI=1S/C9H14N2O2S/c1-8(4-6-14(10,12)13)9-3-2-5-11-7-9/h2-3,5,7-8H,4,6H2,1H3,(H2,10,12,13). The van der Waals surface area contributed by atoms with E-state index in [9.17, 15) is 8.42 Å². The van der Waals surface area contributed by atoms with Crippen LogP contribution in [0.25, 0.3) is 0 Å². The molecule has 0 bridgehead atoms. The first-order valence-corrected chi connectivity index (χ1v) is 6.11. The maximum absolute atomic E-state index is 10.7. The number of hydrogen-bond acceptors (Lipinski definition) is 3. The van der Waals surface area contributed by atoms with E-state index in [1.54, 1.807) is 12.4 Å². The van der Waals surface area contributed by atoms with Gasteiger partial charge < -0.3 is 0 Å². The molecule has 1 unspecified atom stereocenters. The molecule has 1 rings (SSSR count). The molecule has 0 amide bonds. The Bertz CT molecular complexity index is 375. The minimum absolute atomic E-state index is 0.0169. The molecule has 0 spiro atoms. The van der Waals surface area contributed by atoms with Gasteiger partial charge in [0.25, 0.3) is 0 Å². The third-order valence-electron chi connectivity index (χ3n) is 2.09. The first-order chi connectivity index (χ1) is 6.49. The van der Waals surface area contributed by atoms with Gasteiger partial charge in [-0.2, -0.15) is 0 Å². The fourth-order valence-electron chi connectivity index (χ4n) is 1.18. The molecule has 5 heteroatoms. The summed E-state index contributed by atoms with van der Waals surface area (Å²) in [6.45, 7) is 1.96. The second kappa shape index (κ2) is 4.52. The number of nitrogens with zero attached hydrogens (tertiary/aromatic N) is 1. The van der Waals surface area contributed by atoms with Crippen LogP contribution in [-0.2, 0) is 10.0 Å². The van der Waals surface area contributed by atoms with Crippen LogP contribution in [0.2, 0.25) is 0 Å². The Kier molecular flexibility index (Phi) is 3.60. The highest BCUT2D eigenvalue weighted by Gasteiger charge is 2.09. The molecule has 0 aromatic carbocycles. The Hall–Kier alpha value is -0.940. The Morgan fingerprint density at radius 1 is 1.57 bits per heavy atom. The molecular weight excluding hydrogens is 200 g/mol. The smallest absolute Gasteiger partial charge is 0.209 e. The summed E-state index contributed by atoms with van der Waals surface area (Å²) in [5.74, 6) is 0.185. The molecule has 1 atom stereocenters. The summed E-state index contributed by atoms with van der Waals surface area (Å²) in [4.78, 5) is 3.97. The summed E-state index contributed by atoms with van der Waals surface area (Å²) < 4.78 is 21.5. The van der Waals surface area contributed by atoms with E-state index in [0.717, 1.165) is 5.56 Å². The van der Waals surface area contributed by atoms with Crippen molar-refractivity contribution in [3.05, 3.63) is 30.1 Å². The maximum atomic E-state index is 10.7. The molecule has 0 aliphatic heterocycles. The van der Waals surface area contributed by atoms with Crippen molar-refractivity contribution in [1.29, 1.82) is 0 Å². The number of hydrogen-bond donors (Lipinski definition) is 1. The van der Waals surface area contributed by atoms with E-state index in [-0.39, 0.29) is 11.7 Å². The van der Waals surface area contributed by atoms with Crippen molar-refractivity contribution in [3.8, 4) is 0 Å². The summed E-state index contributed by atoms with van der Waals surface area (Å²) in [6, 6.07) is 3.77. The number of rotatable bonds is 4. The van der Waals surface area contributed by atoms with Gasteiger partial charge in [-0.15, -0.1) is 0 Å². The van der Waals surface area contributed by atoms with Crippen molar-refractivity contribution in [2.45, 2.75) is 19.3 Å². The van der Waals surface area contributed by atoms with Gasteiger partial charge in [0.2, 0.25) is 10.0 Å². The molecule has 2 N–H and O–H groups in total. The molecule has 1 aromatic rings. The Labute approximate surface area is 84.2 Å². The van der Waals surface area contributed by atoms with Gasteiger partial charge in [0.15, 0.2) is 0 Å². The lowest BCUT2D eigenvalue weighted by Gasteiger charge is -2.09. The van der Waals surface area contributed by atoms with Crippen LogP contribution < -0.4 is 5.14 Å². The van der Waals surface area contributed by atoms with Crippen molar-refractivity contribution in [2.24, 2.45) is 5.14 Å². The first-order valence-electron chi connectivity index (χ1n) is 4.39. The molecule has 0 fully saturated rings. The van der Waals surface area contributed by atoms with E-state index in [1.807, 2.05) is 19.1 Å². The Balaban J connectivity index is 2.56. The predicted molar refractivity (Wildman–Crippen MR) is 55.2 cm³/mol. The molecule has 14 heavy (non-hydrogen) atoms. The van der Waals surface area contributed by atoms with Crippen molar-refractivity contribution < 1.29 is 8.42 Å². The Morgan fingerprint density at radius 2 is 2.29 bits per heavy atom. The quantitative estimate of drug-likeness (QED) is 0.808. The minimum Gasteiger partial charge on any atom is -0.264 e. The molecule has 0 aliphatic rings. The summed E-state index contributed by atoms with van der Waals surface area (Å²) in [6.07, 6.45) is 3.97. The molecule has 0 aliphatic carbocycles. The second-order valence-electron chi connectivity index (χ2n) is 3.34. The van der Waals surface area contributed by atoms with Crippen molar-refractivity contribution in [1.82, 2.24) is 4.98 Å². The number of sulfonamides is 1. The van der Waals surface area contributed by atoms with Crippen molar-refractivity contribution in [3.63, 3.8) is 0 Å². The molecule has 0 saturated heterocycles. The van der Waals surface area contributed by atoms with E-state index in [4.69, 9.17) is 5.14 Å². The van der Waals surface area contributed by atoms with Gasteiger partial charge in [-0.3, -0.25) is 4.98 Å². The van der Waals surface area contributed by atoms with Crippen LogP contribution in [0.3, 0.4) is 0 Å². The van der Waals surface area contributed by atoms with E-state index in [1.165, 1.54) is 0 Å². The summed E-state index contributed by atoms with van der Waals surface area (Å²) in [5.41, 5.74) is 1.04. The van der Waals surface area contributed by atoms with Gasteiger partial charge in [0, 0.05) is 12.4 Å². The van der Waals surface area contributed by atoms with Crippen molar-refractivity contribution >= 4 is 10.0 Å². The fourth-order valence-corrected chi connectivity index (χ4v) is 1.86. The van der Waals surface area contributed by atoms with Crippen LogP contribution in [0.5, 0.6) is 0 Å². The fraction of sp³-hybridized carbons (Fsp3) is 0.444. The minimum atomic E-state index is -3.35. The van der Waals surface area contributed by atoms with Crippen LogP contribution in [0, 0.1) is 0 Å². The van der Waals surface area contributed by atoms with Gasteiger partial charge in [-0.25, -0.2) is 13.6 Å². The maximum Gasteiger partial charge on any atom is 0.209 e. The highest BCUT2D eigenvalue weighted by atomic mass is 32.2. The zero-order valence-electron chi connectivity index (χ0n) is 8.05. The first kappa shape index (κ1) is 11.1. The topological polar surface area (TPSA) is 73.1 Å². The average molecular weight is 214 g/mol. The molecule has 1 aromatic heterocycles. The largest absolute Gasteiger partial charge is 0.264 e. The molecule has 1 heterocycles. The monoisotopic (exact) mass is 214 g/mol. The number of pyridine rings is 1. The van der Waals surface area contributed by atoms with Gasteiger partial charge >= 0.3 is 0 Å². The van der Waals surface area contributed by atoms with E-state index in [2.05, 4.69) is 4.98 Å². The average Bonchev–Trinajstić information content (AvgIpc) is 2.14. The number of nitrogens with two attached hydrogens (primary N) is 1. The lowest BCUT2D eigenvalue weighted by Crippen LogP contribution is -2.17. The molecular formula is C9H14N2O2S.